The smallest absolute Gasteiger partial charge is 0.295 e. The zero-order valence-corrected chi connectivity index (χ0v) is 12.2. The number of nitrogens with one attached hydrogen (secondary N) is 1. The first-order valence-electron chi connectivity index (χ1n) is 6.51. The summed E-state index contributed by atoms with van der Waals surface area (Å²) in [5.41, 5.74) is 1.35. The zero-order chi connectivity index (χ0) is 15.7. The molecule has 0 aliphatic carbocycles. The van der Waals surface area contributed by atoms with Crippen molar-refractivity contribution in [1.82, 2.24) is 0 Å². The van der Waals surface area contributed by atoms with E-state index in [-0.39, 0.29) is 16.0 Å². The summed E-state index contributed by atoms with van der Waals surface area (Å²) in [5.74, 6) is -0.0681. The second kappa shape index (κ2) is 5.32. The van der Waals surface area contributed by atoms with Crippen LogP contribution in [0.3, 0.4) is 0 Å². The van der Waals surface area contributed by atoms with Crippen LogP contribution in [0.4, 0.5) is 11.4 Å². The highest BCUT2D eigenvalue weighted by atomic mass is 32.2. The third-order valence-corrected chi connectivity index (χ3v) is 4.22. The van der Waals surface area contributed by atoms with Crippen LogP contribution in [0, 0.1) is 0 Å². The Hall–Kier alpha value is -2.57. The summed E-state index contributed by atoms with van der Waals surface area (Å²) in [6.45, 7) is 0. The van der Waals surface area contributed by atoms with Crippen molar-refractivity contribution in [3.05, 3.63) is 60.7 Å². The largest absolute Gasteiger partial charge is 0.507 e. The van der Waals surface area contributed by atoms with Crippen molar-refractivity contribution in [3.63, 3.8) is 0 Å². The third kappa shape index (κ3) is 2.61. The van der Waals surface area contributed by atoms with Crippen molar-refractivity contribution < 1.29 is 18.1 Å². The molecule has 0 unspecified atom stereocenters. The Kier molecular flexibility index (Phi) is 3.48. The minimum atomic E-state index is -4.37. The van der Waals surface area contributed by atoms with Gasteiger partial charge in [0.2, 0.25) is 0 Å². The fourth-order valence-electron chi connectivity index (χ4n) is 2.37. The maximum absolute atomic E-state index is 11.5. The molecule has 0 atom stereocenters. The molecule has 3 N–H and O–H groups in total. The first-order valence-corrected chi connectivity index (χ1v) is 7.95. The van der Waals surface area contributed by atoms with Gasteiger partial charge in [-0.05, 0) is 30.3 Å². The van der Waals surface area contributed by atoms with Crippen LogP contribution in [-0.2, 0) is 10.1 Å². The van der Waals surface area contributed by atoms with E-state index in [2.05, 4.69) is 5.32 Å². The average molecular weight is 315 g/mol. The van der Waals surface area contributed by atoms with E-state index in [1.54, 1.807) is 12.1 Å². The number of anilines is 2. The quantitative estimate of drug-likeness (QED) is 0.644. The molecule has 3 aromatic rings. The maximum Gasteiger partial charge on any atom is 0.295 e. The van der Waals surface area contributed by atoms with Gasteiger partial charge in [0, 0.05) is 16.5 Å². The summed E-state index contributed by atoms with van der Waals surface area (Å²) in [6.07, 6.45) is 0. The van der Waals surface area contributed by atoms with Crippen molar-refractivity contribution >= 4 is 32.3 Å². The van der Waals surface area contributed by atoms with Crippen LogP contribution in [-0.4, -0.2) is 18.1 Å². The van der Waals surface area contributed by atoms with E-state index in [4.69, 9.17) is 0 Å². The Balaban J connectivity index is 2.25. The molecule has 0 aliphatic heterocycles. The molecule has 0 saturated carbocycles. The Labute approximate surface area is 127 Å². The van der Waals surface area contributed by atoms with Crippen LogP contribution in [0.5, 0.6) is 5.75 Å². The summed E-state index contributed by atoms with van der Waals surface area (Å²) >= 11 is 0. The van der Waals surface area contributed by atoms with E-state index in [0.29, 0.717) is 11.1 Å². The van der Waals surface area contributed by atoms with E-state index in [1.165, 1.54) is 18.2 Å². The SMILES string of the molecule is O=S(=O)(O)c1ccc(O)c2c(Nc3ccccc3)cccc12. The Morgan fingerprint density at radius 3 is 2.27 bits per heavy atom. The number of hydrogen-bond acceptors (Lipinski definition) is 4. The standard InChI is InChI=1S/C16H13NO4S/c18-14-9-10-15(22(19,20)21)12-7-4-8-13(16(12)14)17-11-5-2-1-3-6-11/h1-10,17-18H,(H,19,20,21). The number of phenolic OH excluding ortho intramolecular Hbond substituents is 1. The molecule has 0 heterocycles. The van der Waals surface area contributed by atoms with Crippen molar-refractivity contribution in [2.45, 2.75) is 4.90 Å². The molecule has 3 rings (SSSR count). The fourth-order valence-corrected chi connectivity index (χ4v) is 3.06. The predicted molar refractivity (Wildman–Crippen MR) is 85.2 cm³/mol. The summed E-state index contributed by atoms with van der Waals surface area (Å²) < 4.78 is 32.3. The molecule has 3 aromatic carbocycles. The van der Waals surface area contributed by atoms with Gasteiger partial charge in [-0.3, -0.25) is 4.55 Å². The van der Waals surface area contributed by atoms with Crippen LogP contribution in [0.25, 0.3) is 10.8 Å². The number of benzene rings is 3. The van der Waals surface area contributed by atoms with Crippen molar-refractivity contribution in [2.24, 2.45) is 0 Å². The summed E-state index contributed by atoms with van der Waals surface area (Å²) in [4.78, 5) is -0.239. The molecule has 6 heteroatoms. The molecule has 0 aliphatic rings. The van der Waals surface area contributed by atoms with Crippen LogP contribution in [0.15, 0.2) is 65.6 Å². The molecule has 5 nitrogen and oxygen atoms in total. The highest BCUT2D eigenvalue weighted by molar-refractivity contribution is 7.86. The van der Waals surface area contributed by atoms with Gasteiger partial charge in [0.05, 0.1) is 5.69 Å². The molecular weight excluding hydrogens is 302 g/mol. The van der Waals surface area contributed by atoms with Gasteiger partial charge in [-0.15, -0.1) is 0 Å². The second-order valence-electron chi connectivity index (χ2n) is 4.78. The van der Waals surface area contributed by atoms with E-state index in [9.17, 15) is 18.1 Å². The molecule has 0 fully saturated rings. The molecule has 0 saturated heterocycles. The van der Waals surface area contributed by atoms with Crippen molar-refractivity contribution in [2.75, 3.05) is 5.32 Å². The number of fused-ring (bicyclic) bond motifs is 1. The first kappa shape index (κ1) is 14.4. The second-order valence-corrected chi connectivity index (χ2v) is 6.17. The molecule has 0 amide bonds. The fraction of sp³-hybridized carbons (Fsp3) is 0. The van der Waals surface area contributed by atoms with Crippen molar-refractivity contribution in [3.8, 4) is 5.75 Å². The molecular formula is C16H13NO4S. The number of rotatable bonds is 3. The van der Waals surface area contributed by atoms with Gasteiger partial charge in [-0.2, -0.15) is 8.42 Å². The Morgan fingerprint density at radius 2 is 1.59 bits per heavy atom. The third-order valence-electron chi connectivity index (χ3n) is 3.31. The van der Waals surface area contributed by atoms with Gasteiger partial charge >= 0.3 is 0 Å². The highest BCUT2D eigenvalue weighted by Crippen LogP contribution is 2.36. The van der Waals surface area contributed by atoms with Crippen LogP contribution >= 0.6 is 0 Å². The van der Waals surface area contributed by atoms with E-state index < -0.39 is 10.1 Å². The van der Waals surface area contributed by atoms with Crippen LogP contribution in [0.2, 0.25) is 0 Å². The van der Waals surface area contributed by atoms with Gasteiger partial charge in [0.15, 0.2) is 0 Å². The Bertz CT molecular complexity index is 937. The Morgan fingerprint density at radius 1 is 0.864 bits per heavy atom. The van der Waals surface area contributed by atoms with Crippen molar-refractivity contribution in [1.29, 1.82) is 0 Å². The number of hydrogen-bond donors (Lipinski definition) is 3. The lowest BCUT2D eigenvalue weighted by Gasteiger charge is -2.12. The van der Waals surface area contributed by atoms with Crippen LogP contribution in [0.1, 0.15) is 0 Å². The average Bonchev–Trinajstić information content (AvgIpc) is 2.47. The molecule has 0 bridgehead atoms. The normalized spacial score (nSPS) is 11.5. The van der Waals surface area contributed by atoms with E-state index in [0.717, 1.165) is 5.69 Å². The zero-order valence-electron chi connectivity index (χ0n) is 11.4. The number of para-hydroxylation sites is 1. The maximum atomic E-state index is 11.5. The lowest BCUT2D eigenvalue weighted by atomic mass is 10.1. The summed E-state index contributed by atoms with van der Waals surface area (Å²) in [6, 6.07) is 16.6. The van der Waals surface area contributed by atoms with Gasteiger partial charge in [-0.1, -0.05) is 30.3 Å². The van der Waals surface area contributed by atoms with Crippen LogP contribution < -0.4 is 5.32 Å². The molecule has 112 valence electrons. The molecule has 0 spiro atoms. The minimum Gasteiger partial charge on any atom is -0.507 e. The molecule has 0 aromatic heterocycles. The molecule has 0 radical (unpaired) electrons. The highest BCUT2D eigenvalue weighted by Gasteiger charge is 2.17. The minimum absolute atomic E-state index is 0.0681. The molecule has 22 heavy (non-hydrogen) atoms. The predicted octanol–water partition coefficient (Wildman–Crippen LogP) is 3.54. The number of aromatic hydroxyl groups is 1. The first-order chi connectivity index (χ1) is 10.5. The lowest BCUT2D eigenvalue weighted by molar-refractivity contribution is 0.479. The summed E-state index contributed by atoms with van der Waals surface area (Å²) in [5, 5.41) is 13.8. The topological polar surface area (TPSA) is 86.6 Å². The van der Waals surface area contributed by atoms with Gasteiger partial charge < -0.3 is 10.4 Å². The van der Waals surface area contributed by atoms with Gasteiger partial charge in [0.25, 0.3) is 10.1 Å². The lowest BCUT2D eigenvalue weighted by Crippen LogP contribution is -2.00. The van der Waals surface area contributed by atoms with E-state index in [1.807, 2.05) is 30.3 Å². The van der Waals surface area contributed by atoms with E-state index >= 15 is 0 Å². The summed E-state index contributed by atoms with van der Waals surface area (Å²) in [7, 11) is -4.37. The van der Waals surface area contributed by atoms with Gasteiger partial charge in [0.1, 0.15) is 10.6 Å². The van der Waals surface area contributed by atoms with Gasteiger partial charge in [-0.25, -0.2) is 0 Å². The monoisotopic (exact) mass is 315 g/mol. The number of phenols is 1.